The fourth-order valence-corrected chi connectivity index (χ4v) is 5.12. The predicted octanol–water partition coefficient (Wildman–Crippen LogP) is 4.77. The Balaban J connectivity index is 1.34. The molecule has 1 aliphatic heterocycles. The summed E-state index contributed by atoms with van der Waals surface area (Å²) < 4.78 is 2.06. The number of benzene rings is 2. The SMILES string of the molecule is Cc1ccc(C)c(-n2c(C)nnc2SCC(=O)N2CCC(Cc3ccccc3)CC2)c1. The summed E-state index contributed by atoms with van der Waals surface area (Å²) in [5, 5.41) is 9.39. The topological polar surface area (TPSA) is 51.0 Å². The van der Waals surface area contributed by atoms with Gasteiger partial charge in [0.25, 0.3) is 0 Å². The van der Waals surface area contributed by atoms with Gasteiger partial charge in [-0.15, -0.1) is 10.2 Å². The van der Waals surface area contributed by atoms with E-state index < -0.39 is 0 Å². The van der Waals surface area contributed by atoms with Crippen LogP contribution >= 0.6 is 11.8 Å². The molecule has 0 aliphatic carbocycles. The van der Waals surface area contributed by atoms with Crippen molar-refractivity contribution in [3.05, 3.63) is 71.0 Å². The minimum atomic E-state index is 0.191. The van der Waals surface area contributed by atoms with Crippen LogP contribution in [0.5, 0.6) is 0 Å². The number of nitrogens with zero attached hydrogens (tertiary/aromatic N) is 4. The lowest BCUT2D eigenvalue weighted by Crippen LogP contribution is -2.39. The summed E-state index contributed by atoms with van der Waals surface area (Å²) in [6, 6.07) is 17.0. The van der Waals surface area contributed by atoms with Gasteiger partial charge in [-0.1, -0.05) is 54.2 Å². The lowest BCUT2D eigenvalue weighted by Gasteiger charge is -2.32. The van der Waals surface area contributed by atoms with Gasteiger partial charge in [-0.05, 0) is 68.7 Å². The average molecular weight is 435 g/mol. The molecule has 1 aliphatic rings. The van der Waals surface area contributed by atoms with Crippen molar-refractivity contribution in [2.24, 2.45) is 5.92 Å². The highest BCUT2D eigenvalue weighted by Gasteiger charge is 2.24. The van der Waals surface area contributed by atoms with Gasteiger partial charge >= 0.3 is 0 Å². The molecule has 0 N–H and O–H groups in total. The summed E-state index contributed by atoms with van der Waals surface area (Å²) in [5.74, 6) is 2.09. The molecule has 0 bridgehead atoms. The molecular weight excluding hydrogens is 404 g/mol. The summed E-state index contributed by atoms with van der Waals surface area (Å²) in [6.07, 6.45) is 3.25. The number of carbonyl (C=O) groups is 1. The number of carbonyl (C=O) groups excluding carboxylic acids is 1. The van der Waals surface area contributed by atoms with Crippen molar-refractivity contribution in [3.8, 4) is 5.69 Å². The number of aryl methyl sites for hydroxylation is 3. The van der Waals surface area contributed by atoms with Gasteiger partial charge in [0, 0.05) is 13.1 Å². The first-order valence-corrected chi connectivity index (χ1v) is 11.9. The van der Waals surface area contributed by atoms with E-state index in [1.165, 1.54) is 28.5 Å². The van der Waals surface area contributed by atoms with E-state index in [4.69, 9.17) is 0 Å². The standard InChI is InChI=1S/C25H30N4OS/c1-18-9-10-19(2)23(15-18)29-20(3)26-27-25(29)31-17-24(30)28-13-11-22(12-14-28)16-21-7-5-4-6-8-21/h4-10,15,22H,11-14,16-17H2,1-3H3. The number of thioether (sulfide) groups is 1. The van der Waals surface area contributed by atoms with E-state index >= 15 is 0 Å². The molecule has 5 nitrogen and oxygen atoms in total. The van der Waals surface area contributed by atoms with Gasteiger partial charge in [0.1, 0.15) is 5.82 Å². The molecular formula is C25H30N4OS. The van der Waals surface area contributed by atoms with E-state index in [1.54, 1.807) is 0 Å². The van der Waals surface area contributed by atoms with Crippen molar-refractivity contribution in [2.75, 3.05) is 18.8 Å². The van der Waals surface area contributed by atoms with Gasteiger partial charge in [0.05, 0.1) is 11.4 Å². The van der Waals surface area contributed by atoms with Gasteiger partial charge < -0.3 is 4.90 Å². The lowest BCUT2D eigenvalue weighted by atomic mass is 9.90. The average Bonchev–Trinajstić information content (AvgIpc) is 3.15. The fraction of sp³-hybridized carbons (Fsp3) is 0.400. The monoisotopic (exact) mass is 434 g/mol. The fourth-order valence-electron chi connectivity index (χ4n) is 4.23. The molecule has 4 rings (SSSR count). The van der Waals surface area contributed by atoms with E-state index in [9.17, 15) is 4.79 Å². The molecule has 162 valence electrons. The molecule has 1 fully saturated rings. The predicted molar refractivity (Wildman–Crippen MR) is 126 cm³/mol. The minimum absolute atomic E-state index is 0.191. The third-order valence-electron chi connectivity index (χ3n) is 6.06. The number of likely N-dealkylation sites (tertiary alicyclic amines) is 1. The molecule has 3 aromatic rings. The molecule has 0 radical (unpaired) electrons. The number of aromatic nitrogens is 3. The Hall–Kier alpha value is -2.60. The number of hydrogen-bond donors (Lipinski definition) is 0. The minimum Gasteiger partial charge on any atom is -0.342 e. The second-order valence-corrected chi connectivity index (χ2v) is 9.40. The van der Waals surface area contributed by atoms with Crippen LogP contribution < -0.4 is 0 Å². The highest BCUT2D eigenvalue weighted by molar-refractivity contribution is 7.99. The van der Waals surface area contributed by atoms with Crippen molar-refractivity contribution in [3.63, 3.8) is 0 Å². The van der Waals surface area contributed by atoms with Crippen LogP contribution in [0.1, 0.15) is 35.4 Å². The summed E-state index contributed by atoms with van der Waals surface area (Å²) in [6.45, 7) is 7.82. The maximum absolute atomic E-state index is 12.9. The van der Waals surface area contributed by atoms with E-state index in [-0.39, 0.29) is 5.91 Å². The summed E-state index contributed by atoms with van der Waals surface area (Å²) in [4.78, 5) is 14.9. The molecule has 1 aromatic heterocycles. The van der Waals surface area contributed by atoms with Crippen molar-refractivity contribution < 1.29 is 4.79 Å². The van der Waals surface area contributed by atoms with Crippen LogP contribution in [0.25, 0.3) is 5.69 Å². The normalized spacial score (nSPS) is 14.7. The Labute approximate surface area is 188 Å². The number of rotatable bonds is 6. The van der Waals surface area contributed by atoms with Gasteiger partial charge in [-0.25, -0.2) is 0 Å². The van der Waals surface area contributed by atoms with Gasteiger partial charge in [-0.3, -0.25) is 9.36 Å². The lowest BCUT2D eigenvalue weighted by molar-refractivity contribution is -0.129. The van der Waals surface area contributed by atoms with Crippen LogP contribution in [0.2, 0.25) is 0 Å². The third-order valence-corrected chi connectivity index (χ3v) is 6.97. The first-order chi connectivity index (χ1) is 15.0. The first kappa shape index (κ1) is 21.6. The number of amides is 1. The van der Waals surface area contributed by atoms with Crippen molar-refractivity contribution in [1.29, 1.82) is 0 Å². The highest BCUT2D eigenvalue weighted by atomic mass is 32.2. The number of piperidine rings is 1. The molecule has 1 amide bonds. The maximum Gasteiger partial charge on any atom is 0.233 e. The second kappa shape index (κ2) is 9.69. The Bertz CT molecular complexity index is 1040. The molecule has 0 unspecified atom stereocenters. The van der Waals surface area contributed by atoms with Crippen LogP contribution in [0, 0.1) is 26.7 Å². The molecule has 0 spiro atoms. The van der Waals surface area contributed by atoms with Crippen LogP contribution in [0.3, 0.4) is 0 Å². The third kappa shape index (κ3) is 5.18. The number of hydrogen-bond acceptors (Lipinski definition) is 4. The molecule has 0 saturated carbocycles. The zero-order valence-electron chi connectivity index (χ0n) is 18.5. The Morgan fingerprint density at radius 2 is 1.77 bits per heavy atom. The molecule has 31 heavy (non-hydrogen) atoms. The van der Waals surface area contributed by atoms with Gasteiger partial charge in [0.2, 0.25) is 5.91 Å². The van der Waals surface area contributed by atoms with Crippen LogP contribution in [0.15, 0.2) is 53.7 Å². The molecule has 2 heterocycles. The van der Waals surface area contributed by atoms with Crippen molar-refractivity contribution in [1.82, 2.24) is 19.7 Å². The van der Waals surface area contributed by atoms with Crippen LogP contribution in [0.4, 0.5) is 0 Å². The molecule has 1 saturated heterocycles. The largest absolute Gasteiger partial charge is 0.342 e. The molecule has 2 aromatic carbocycles. The zero-order valence-corrected chi connectivity index (χ0v) is 19.4. The Morgan fingerprint density at radius 3 is 2.52 bits per heavy atom. The Kier molecular flexibility index (Phi) is 6.76. The van der Waals surface area contributed by atoms with Crippen molar-refractivity contribution >= 4 is 17.7 Å². The van der Waals surface area contributed by atoms with Gasteiger partial charge in [0.15, 0.2) is 5.16 Å². The summed E-state index contributed by atoms with van der Waals surface area (Å²) in [5.41, 5.74) is 4.84. The first-order valence-electron chi connectivity index (χ1n) is 11.0. The maximum atomic E-state index is 12.9. The van der Waals surface area contributed by atoms with E-state index in [0.717, 1.165) is 49.0 Å². The second-order valence-electron chi connectivity index (χ2n) is 8.46. The smallest absolute Gasteiger partial charge is 0.233 e. The van der Waals surface area contributed by atoms with E-state index in [1.807, 2.05) is 11.8 Å². The van der Waals surface area contributed by atoms with Gasteiger partial charge in [-0.2, -0.15) is 0 Å². The zero-order chi connectivity index (χ0) is 21.8. The molecule has 6 heteroatoms. The highest BCUT2D eigenvalue weighted by Crippen LogP contribution is 2.26. The van der Waals surface area contributed by atoms with E-state index in [2.05, 4.69) is 77.1 Å². The quantitative estimate of drug-likeness (QED) is 0.525. The van der Waals surface area contributed by atoms with E-state index in [0.29, 0.717) is 11.7 Å². The Morgan fingerprint density at radius 1 is 1.03 bits per heavy atom. The summed E-state index contributed by atoms with van der Waals surface area (Å²) in [7, 11) is 0. The van der Waals surface area contributed by atoms with Crippen LogP contribution in [-0.2, 0) is 11.2 Å². The molecule has 0 atom stereocenters. The van der Waals surface area contributed by atoms with Crippen LogP contribution in [-0.4, -0.2) is 44.4 Å². The summed E-state index contributed by atoms with van der Waals surface area (Å²) >= 11 is 1.48. The van der Waals surface area contributed by atoms with Crippen molar-refractivity contribution in [2.45, 2.75) is 45.2 Å².